The number of aliphatic hydroxyl groups is 1. The van der Waals surface area contributed by atoms with E-state index in [0.717, 1.165) is 37.8 Å². The van der Waals surface area contributed by atoms with Crippen molar-refractivity contribution in [1.29, 1.82) is 0 Å². The molecular weight excluding hydrogens is 354 g/mol. The summed E-state index contributed by atoms with van der Waals surface area (Å²) in [6, 6.07) is 7.18. The van der Waals surface area contributed by atoms with E-state index in [1.807, 2.05) is 12.1 Å². The van der Waals surface area contributed by atoms with E-state index in [1.54, 1.807) is 12.1 Å². The molecule has 2 fully saturated rings. The molecule has 0 bridgehead atoms. The molecule has 3 aliphatic rings. The Kier molecular flexibility index (Phi) is 5.23. The van der Waals surface area contributed by atoms with Gasteiger partial charge in [-0.05, 0) is 49.4 Å². The largest absolute Gasteiger partial charge is 0.508 e. The smallest absolute Gasteiger partial charge is 0.311 e. The molecule has 3 N–H and O–H groups in total. The minimum absolute atomic E-state index is 0.142. The van der Waals surface area contributed by atoms with Crippen LogP contribution in [0.15, 0.2) is 35.9 Å². The highest BCUT2D eigenvalue weighted by Crippen LogP contribution is 2.55. The van der Waals surface area contributed by atoms with Gasteiger partial charge in [-0.2, -0.15) is 0 Å². The maximum Gasteiger partial charge on any atom is 0.311 e. The predicted octanol–water partition coefficient (Wildman–Crippen LogP) is 2.81. The third-order valence-electron chi connectivity index (χ3n) is 7.46. The molecule has 0 spiro atoms. The Bertz CT molecular complexity index is 758. The van der Waals surface area contributed by atoms with Crippen molar-refractivity contribution in [2.75, 3.05) is 13.1 Å². The summed E-state index contributed by atoms with van der Waals surface area (Å²) < 4.78 is 5.70. The number of allylic oxidation sites excluding steroid dienone is 1. The molecule has 0 aromatic heterocycles. The lowest BCUT2D eigenvalue weighted by Crippen LogP contribution is -2.54. The number of hydrogen-bond acceptors (Lipinski definition) is 5. The summed E-state index contributed by atoms with van der Waals surface area (Å²) in [5.41, 5.74) is 2.15. The van der Waals surface area contributed by atoms with Gasteiger partial charge in [0, 0.05) is 24.3 Å². The molecule has 1 aliphatic heterocycles. The second kappa shape index (κ2) is 7.53. The minimum atomic E-state index is -0.553. The first kappa shape index (κ1) is 19.5. The van der Waals surface area contributed by atoms with Gasteiger partial charge in [0.15, 0.2) is 0 Å². The van der Waals surface area contributed by atoms with E-state index in [9.17, 15) is 15.0 Å². The van der Waals surface area contributed by atoms with Gasteiger partial charge >= 0.3 is 5.97 Å². The zero-order valence-electron chi connectivity index (χ0n) is 16.7. The van der Waals surface area contributed by atoms with E-state index in [2.05, 4.69) is 25.2 Å². The molecule has 6 atom stereocenters. The molecular formula is C23H31NO4. The molecule has 5 heteroatoms. The van der Waals surface area contributed by atoms with E-state index in [1.165, 1.54) is 5.57 Å². The number of carbonyl (C=O) groups is 1. The average molecular weight is 386 g/mol. The average Bonchev–Trinajstić information content (AvgIpc) is 2.98. The standard InChI is InChI=1S/C23H31NO4/c1-14-4-3-5-16-12-19-20(21(26)23(14,16)2)18(22(27)28-19)13-24-11-10-15-6-8-17(25)9-7-15/h5-9,14,18-21,24-26H,3-4,10-13H2,1-2H3/t14-,18-,19+,20+,21+,23+/m0/s1. The van der Waals surface area contributed by atoms with Gasteiger partial charge in [0.1, 0.15) is 11.9 Å². The number of nitrogens with one attached hydrogen (secondary N) is 1. The second-order valence-corrected chi connectivity index (χ2v) is 8.92. The molecule has 0 amide bonds. The number of phenolic OH excluding ortho intramolecular Hbond substituents is 1. The highest BCUT2D eigenvalue weighted by Gasteiger charge is 2.59. The Morgan fingerprint density at radius 3 is 2.79 bits per heavy atom. The summed E-state index contributed by atoms with van der Waals surface area (Å²) in [5.74, 6) is 0.0502. The van der Waals surface area contributed by atoms with Crippen LogP contribution in [0.1, 0.15) is 38.7 Å². The number of ether oxygens (including phenoxy) is 1. The van der Waals surface area contributed by atoms with Crippen molar-refractivity contribution in [1.82, 2.24) is 5.32 Å². The first-order valence-electron chi connectivity index (χ1n) is 10.5. The quantitative estimate of drug-likeness (QED) is 0.413. The molecule has 0 unspecified atom stereocenters. The van der Waals surface area contributed by atoms with Gasteiger partial charge in [0.05, 0.1) is 12.0 Å². The zero-order chi connectivity index (χ0) is 19.9. The fourth-order valence-electron chi connectivity index (χ4n) is 5.45. The number of phenols is 1. The Morgan fingerprint density at radius 2 is 2.04 bits per heavy atom. The van der Waals surface area contributed by atoms with Crippen LogP contribution in [0.5, 0.6) is 5.75 Å². The first-order chi connectivity index (χ1) is 13.4. The Morgan fingerprint density at radius 1 is 1.29 bits per heavy atom. The minimum Gasteiger partial charge on any atom is -0.508 e. The highest BCUT2D eigenvalue weighted by molar-refractivity contribution is 5.76. The number of carbonyl (C=O) groups excluding carboxylic acids is 1. The van der Waals surface area contributed by atoms with Gasteiger partial charge in [-0.1, -0.05) is 37.6 Å². The van der Waals surface area contributed by atoms with Crippen LogP contribution < -0.4 is 5.32 Å². The van der Waals surface area contributed by atoms with Gasteiger partial charge in [0.2, 0.25) is 0 Å². The molecule has 1 aromatic rings. The van der Waals surface area contributed by atoms with Gasteiger partial charge in [-0.15, -0.1) is 0 Å². The lowest BCUT2D eigenvalue weighted by molar-refractivity contribution is -0.144. The van der Waals surface area contributed by atoms with Crippen LogP contribution in [0.25, 0.3) is 0 Å². The maximum absolute atomic E-state index is 12.6. The number of fused-ring (bicyclic) bond motifs is 2. The summed E-state index contributed by atoms with van der Waals surface area (Å²) in [4.78, 5) is 12.6. The SMILES string of the molecule is C[C@H]1CCC=C2C[C@H]3OC(=O)[C@@H](CNCCc4ccc(O)cc4)[C@H]3[C@@H](O)[C@@]21C. The second-order valence-electron chi connectivity index (χ2n) is 8.92. The topological polar surface area (TPSA) is 78.8 Å². The van der Waals surface area contributed by atoms with Crippen molar-refractivity contribution in [3.8, 4) is 5.75 Å². The summed E-state index contributed by atoms with van der Waals surface area (Å²) in [7, 11) is 0. The van der Waals surface area contributed by atoms with Crippen LogP contribution in [0.2, 0.25) is 0 Å². The van der Waals surface area contributed by atoms with Gasteiger partial charge < -0.3 is 20.3 Å². The fraction of sp³-hybridized carbons (Fsp3) is 0.609. The van der Waals surface area contributed by atoms with E-state index in [-0.39, 0.29) is 35.1 Å². The van der Waals surface area contributed by atoms with Crippen molar-refractivity contribution in [2.45, 2.75) is 51.7 Å². The fourth-order valence-corrected chi connectivity index (χ4v) is 5.45. The van der Waals surface area contributed by atoms with Crippen LogP contribution in [0, 0.1) is 23.2 Å². The molecule has 1 saturated heterocycles. The van der Waals surface area contributed by atoms with Crippen LogP contribution in [-0.2, 0) is 16.0 Å². The number of aliphatic hydroxyl groups excluding tert-OH is 1. The first-order valence-corrected chi connectivity index (χ1v) is 10.5. The number of rotatable bonds is 5. The van der Waals surface area contributed by atoms with E-state index in [4.69, 9.17) is 4.74 Å². The number of hydrogen-bond donors (Lipinski definition) is 3. The van der Waals surface area contributed by atoms with E-state index >= 15 is 0 Å². The van der Waals surface area contributed by atoms with E-state index < -0.39 is 6.10 Å². The molecule has 1 heterocycles. The molecule has 28 heavy (non-hydrogen) atoms. The highest BCUT2D eigenvalue weighted by atomic mass is 16.6. The van der Waals surface area contributed by atoms with Crippen LogP contribution in [0.3, 0.4) is 0 Å². The Hall–Kier alpha value is -1.85. The lowest BCUT2D eigenvalue weighted by Gasteiger charge is -2.51. The van der Waals surface area contributed by atoms with Crippen molar-refractivity contribution in [3.63, 3.8) is 0 Å². The summed E-state index contributed by atoms with van der Waals surface area (Å²) in [5, 5.41) is 24.1. The Balaban J connectivity index is 1.41. The van der Waals surface area contributed by atoms with Gasteiger partial charge in [-0.3, -0.25) is 4.79 Å². The molecule has 152 valence electrons. The molecule has 1 aromatic carbocycles. The van der Waals surface area contributed by atoms with E-state index in [0.29, 0.717) is 12.5 Å². The lowest BCUT2D eigenvalue weighted by atomic mass is 9.55. The van der Waals surface area contributed by atoms with Crippen molar-refractivity contribution in [2.24, 2.45) is 23.2 Å². The summed E-state index contributed by atoms with van der Waals surface area (Å²) in [6.07, 6.45) is 5.22. The van der Waals surface area contributed by atoms with Crippen LogP contribution in [-0.4, -0.2) is 41.5 Å². The van der Waals surface area contributed by atoms with Crippen molar-refractivity contribution < 1.29 is 19.7 Å². The van der Waals surface area contributed by atoms with Gasteiger partial charge in [0.25, 0.3) is 0 Å². The monoisotopic (exact) mass is 385 g/mol. The third kappa shape index (κ3) is 3.25. The molecule has 1 saturated carbocycles. The maximum atomic E-state index is 12.6. The Labute approximate surface area is 166 Å². The van der Waals surface area contributed by atoms with Crippen molar-refractivity contribution >= 4 is 5.97 Å². The molecule has 0 radical (unpaired) electrons. The zero-order valence-corrected chi connectivity index (χ0v) is 16.7. The molecule has 4 rings (SSSR count). The number of aromatic hydroxyl groups is 1. The molecule has 5 nitrogen and oxygen atoms in total. The molecule has 2 aliphatic carbocycles. The summed E-state index contributed by atoms with van der Waals surface area (Å²) >= 11 is 0. The third-order valence-corrected chi connectivity index (χ3v) is 7.46. The van der Waals surface area contributed by atoms with Crippen molar-refractivity contribution in [3.05, 3.63) is 41.5 Å². The van der Waals surface area contributed by atoms with Crippen LogP contribution >= 0.6 is 0 Å². The van der Waals surface area contributed by atoms with Crippen LogP contribution in [0.4, 0.5) is 0 Å². The van der Waals surface area contributed by atoms with Gasteiger partial charge in [-0.25, -0.2) is 0 Å². The normalized spacial score (nSPS) is 37.0. The predicted molar refractivity (Wildman–Crippen MR) is 107 cm³/mol. The number of benzene rings is 1. The summed E-state index contributed by atoms with van der Waals surface area (Å²) in [6.45, 7) is 5.65. The number of esters is 1.